The number of hydrazone groups is 1. The number of ether oxygens (including phenoxy) is 4. The fourth-order valence-electron chi connectivity index (χ4n) is 4.33. The predicted octanol–water partition coefficient (Wildman–Crippen LogP) is 6.17. The lowest BCUT2D eigenvalue weighted by Gasteiger charge is -2.28. The summed E-state index contributed by atoms with van der Waals surface area (Å²) in [6, 6.07) is 14.6. The van der Waals surface area contributed by atoms with Crippen molar-refractivity contribution in [3.8, 4) is 17.2 Å². The minimum absolute atomic E-state index is 0.181. The van der Waals surface area contributed by atoms with Crippen LogP contribution >= 0.6 is 43.5 Å². The first kappa shape index (κ1) is 33.8. The number of amides is 3. The third kappa shape index (κ3) is 8.99. The zero-order valence-corrected chi connectivity index (χ0v) is 28.3. The van der Waals surface area contributed by atoms with Gasteiger partial charge in [-0.1, -0.05) is 29.8 Å². The van der Waals surface area contributed by atoms with E-state index >= 15 is 0 Å². The van der Waals surface area contributed by atoms with Crippen molar-refractivity contribution >= 4 is 67.6 Å². The van der Waals surface area contributed by atoms with Crippen LogP contribution in [0.1, 0.15) is 36.6 Å². The Balaban J connectivity index is 1.36. The molecule has 0 fully saturated rings. The number of halogens is 3. The van der Waals surface area contributed by atoms with E-state index in [9.17, 15) is 14.4 Å². The molecule has 3 amide bonds. The van der Waals surface area contributed by atoms with Crippen molar-refractivity contribution in [2.45, 2.75) is 26.5 Å². The monoisotopic (exact) mass is 762 g/mol. The first-order valence-corrected chi connectivity index (χ1v) is 15.5. The molecule has 11 nitrogen and oxygen atoms in total. The third-order valence-electron chi connectivity index (χ3n) is 6.34. The van der Waals surface area contributed by atoms with E-state index in [1.807, 2.05) is 18.2 Å². The number of methoxy groups -OCH3 is 1. The number of benzene rings is 3. The molecule has 0 aliphatic carbocycles. The smallest absolute Gasteiger partial charge is 0.338 e. The van der Waals surface area contributed by atoms with Crippen molar-refractivity contribution in [2.75, 3.05) is 20.3 Å². The fraction of sp³-hybridized carbons (Fsp3) is 0.226. The first-order chi connectivity index (χ1) is 21.6. The quantitative estimate of drug-likeness (QED) is 0.114. The van der Waals surface area contributed by atoms with Crippen LogP contribution in [0.25, 0.3) is 0 Å². The van der Waals surface area contributed by atoms with Gasteiger partial charge in [0.25, 0.3) is 5.91 Å². The van der Waals surface area contributed by atoms with Crippen LogP contribution < -0.4 is 30.3 Å². The highest BCUT2D eigenvalue weighted by Crippen LogP contribution is 2.36. The predicted molar refractivity (Wildman–Crippen MR) is 176 cm³/mol. The molecule has 45 heavy (non-hydrogen) atoms. The van der Waals surface area contributed by atoms with Crippen LogP contribution in [0.2, 0.25) is 5.02 Å². The van der Waals surface area contributed by atoms with Gasteiger partial charge in [-0.05, 0) is 98.8 Å². The minimum Gasteiger partial charge on any atom is -0.493 e. The summed E-state index contributed by atoms with van der Waals surface area (Å²) >= 11 is 13.1. The Bertz CT molecular complexity index is 1640. The molecule has 3 N–H and O–H groups in total. The molecule has 0 saturated heterocycles. The summed E-state index contributed by atoms with van der Waals surface area (Å²) in [4.78, 5) is 37.2. The van der Waals surface area contributed by atoms with Crippen molar-refractivity contribution in [3.63, 3.8) is 0 Å². The van der Waals surface area contributed by atoms with Crippen molar-refractivity contribution < 1.29 is 33.3 Å². The maximum atomic E-state index is 12.6. The Labute approximate surface area is 281 Å². The van der Waals surface area contributed by atoms with Gasteiger partial charge in [-0.3, -0.25) is 4.79 Å². The molecular weight excluding hydrogens is 736 g/mol. The van der Waals surface area contributed by atoms with Crippen LogP contribution in [0.15, 0.2) is 79.9 Å². The van der Waals surface area contributed by atoms with E-state index in [0.717, 1.165) is 5.56 Å². The minimum atomic E-state index is -0.776. The molecule has 14 heteroatoms. The number of urea groups is 1. The van der Waals surface area contributed by atoms with Crippen LogP contribution in [-0.2, 0) is 20.9 Å². The summed E-state index contributed by atoms with van der Waals surface area (Å²) in [5.74, 6) is 0.119. The van der Waals surface area contributed by atoms with E-state index in [0.29, 0.717) is 48.9 Å². The van der Waals surface area contributed by atoms with Gasteiger partial charge in [-0.15, -0.1) is 0 Å². The normalized spacial score (nSPS) is 14.4. The van der Waals surface area contributed by atoms with Crippen molar-refractivity contribution in [1.29, 1.82) is 0 Å². The van der Waals surface area contributed by atoms with Gasteiger partial charge in [0.05, 0.1) is 40.5 Å². The van der Waals surface area contributed by atoms with E-state index in [-0.39, 0.29) is 24.5 Å². The van der Waals surface area contributed by atoms with Gasteiger partial charge in [-0.2, -0.15) is 5.10 Å². The van der Waals surface area contributed by atoms with E-state index < -0.39 is 23.9 Å². The highest BCUT2D eigenvalue weighted by molar-refractivity contribution is 9.11. The Morgan fingerprint density at radius 2 is 1.82 bits per heavy atom. The number of carbonyl (C=O) groups is 3. The van der Waals surface area contributed by atoms with Crippen molar-refractivity contribution in [1.82, 2.24) is 16.1 Å². The second kappa shape index (κ2) is 15.8. The van der Waals surface area contributed by atoms with E-state index in [1.54, 1.807) is 50.2 Å². The summed E-state index contributed by atoms with van der Waals surface area (Å²) < 4.78 is 23.6. The van der Waals surface area contributed by atoms with Gasteiger partial charge < -0.3 is 29.6 Å². The zero-order valence-electron chi connectivity index (χ0n) is 24.4. The lowest BCUT2D eigenvalue weighted by Crippen LogP contribution is -2.45. The lowest BCUT2D eigenvalue weighted by atomic mass is 9.95. The number of hydrogen-bond donors (Lipinski definition) is 3. The summed E-state index contributed by atoms with van der Waals surface area (Å²) in [5.41, 5.74) is 5.26. The summed E-state index contributed by atoms with van der Waals surface area (Å²) in [5, 5.41) is 9.97. The molecule has 0 unspecified atom stereocenters. The summed E-state index contributed by atoms with van der Waals surface area (Å²) in [6.45, 7) is 3.48. The van der Waals surface area contributed by atoms with Gasteiger partial charge in [0.2, 0.25) is 0 Å². The van der Waals surface area contributed by atoms with Crippen LogP contribution in [0.3, 0.4) is 0 Å². The van der Waals surface area contributed by atoms with Crippen LogP contribution in [0.5, 0.6) is 17.2 Å². The molecule has 1 atom stereocenters. The molecule has 0 spiro atoms. The molecule has 0 aromatic heterocycles. The van der Waals surface area contributed by atoms with Gasteiger partial charge in [-0.25, -0.2) is 15.0 Å². The second-order valence-corrected chi connectivity index (χ2v) is 11.7. The van der Waals surface area contributed by atoms with Gasteiger partial charge in [0, 0.05) is 10.7 Å². The average Bonchev–Trinajstić information content (AvgIpc) is 2.99. The fourth-order valence-corrected chi connectivity index (χ4v) is 6.00. The molecule has 0 radical (unpaired) electrons. The molecule has 3 aromatic rings. The molecule has 0 saturated carbocycles. The van der Waals surface area contributed by atoms with E-state index in [1.165, 1.54) is 13.3 Å². The van der Waals surface area contributed by atoms with Crippen LogP contribution in [0, 0.1) is 0 Å². The Morgan fingerprint density at radius 3 is 2.51 bits per heavy atom. The molecule has 1 aliphatic rings. The topological polar surface area (TPSA) is 137 Å². The molecular formula is C31H29Br2ClN4O7. The van der Waals surface area contributed by atoms with E-state index in [2.05, 4.69) is 53.0 Å². The Hall–Kier alpha value is -4.07. The highest BCUT2D eigenvalue weighted by atomic mass is 79.9. The molecule has 1 aliphatic heterocycles. The third-order valence-corrected chi connectivity index (χ3v) is 7.75. The number of nitrogens with zero attached hydrogens (tertiary/aromatic N) is 1. The number of hydrogen-bond acceptors (Lipinski definition) is 8. The molecule has 3 aromatic carbocycles. The van der Waals surface area contributed by atoms with Crippen LogP contribution in [0.4, 0.5) is 4.79 Å². The SMILES string of the molecule is CCOC(=O)C1=C(C)NC(=O)N[C@@H]1c1ccc(OCC(=O)N/N=C/c2cc(Br)c(OCc3cccc(Cl)c3)c(Br)c2)c(OC)c1. The van der Waals surface area contributed by atoms with Crippen molar-refractivity contribution in [2.24, 2.45) is 5.10 Å². The number of nitrogens with one attached hydrogen (secondary N) is 3. The maximum absolute atomic E-state index is 12.6. The number of esters is 1. The lowest BCUT2D eigenvalue weighted by molar-refractivity contribution is -0.139. The Morgan fingerprint density at radius 1 is 1.07 bits per heavy atom. The highest BCUT2D eigenvalue weighted by Gasteiger charge is 2.32. The summed E-state index contributed by atoms with van der Waals surface area (Å²) in [6.07, 6.45) is 1.48. The first-order valence-electron chi connectivity index (χ1n) is 13.5. The standard InChI is InChI=1S/C31H29Br2ClN4O7/c1-4-43-30(40)27-17(2)36-31(41)37-28(27)20-8-9-24(25(13-20)42-3)44-16-26(39)38-35-14-19-11-22(32)29(23(33)12-19)45-15-18-6-5-7-21(34)10-18/h5-14,28H,4,15-16H2,1-3H3,(H,38,39)(H2,36,37,41)/b35-14+/t28-/m1/s1. The molecule has 0 bridgehead atoms. The second-order valence-electron chi connectivity index (χ2n) is 9.52. The Kier molecular flexibility index (Phi) is 11.9. The van der Waals surface area contributed by atoms with Gasteiger partial charge >= 0.3 is 12.0 Å². The molecule has 1 heterocycles. The number of rotatable bonds is 12. The average molecular weight is 765 g/mol. The zero-order chi connectivity index (χ0) is 32.5. The molecule has 236 valence electrons. The van der Waals surface area contributed by atoms with Gasteiger partial charge in [0.15, 0.2) is 18.1 Å². The summed E-state index contributed by atoms with van der Waals surface area (Å²) in [7, 11) is 1.44. The maximum Gasteiger partial charge on any atom is 0.338 e. The van der Waals surface area contributed by atoms with Crippen molar-refractivity contribution in [3.05, 3.63) is 96.5 Å². The molecule has 4 rings (SSSR count). The van der Waals surface area contributed by atoms with Crippen LogP contribution in [-0.4, -0.2) is 44.4 Å². The largest absolute Gasteiger partial charge is 0.493 e. The number of allylic oxidation sites excluding steroid dienone is 1. The van der Waals surface area contributed by atoms with E-state index in [4.69, 9.17) is 30.5 Å². The van der Waals surface area contributed by atoms with Gasteiger partial charge in [0.1, 0.15) is 12.4 Å². The number of carbonyl (C=O) groups excluding carboxylic acids is 3.